The summed E-state index contributed by atoms with van der Waals surface area (Å²) in [5.41, 5.74) is 2.23. The number of fused-ring (bicyclic) bond motifs is 1. The van der Waals surface area contributed by atoms with Gasteiger partial charge in [-0.25, -0.2) is 4.98 Å². The second-order valence-corrected chi connectivity index (χ2v) is 4.90. The zero-order chi connectivity index (χ0) is 15.3. The number of aromatic nitrogens is 2. The Kier molecular flexibility index (Phi) is 5.12. The molecule has 0 aliphatic heterocycles. The fraction of sp³-hybridized carbons (Fsp3) is 0.467. The quantitative estimate of drug-likeness (QED) is 0.875. The molecule has 0 spiro atoms. The van der Waals surface area contributed by atoms with Gasteiger partial charge in [0.1, 0.15) is 0 Å². The molecule has 0 aliphatic carbocycles. The van der Waals surface area contributed by atoms with Crippen LogP contribution in [-0.4, -0.2) is 22.7 Å². The molecule has 0 saturated heterocycles. The van der Waals surface area contributed by atoms with Crippen molar-refractivity contribution in [1.29, 1.82) is 0 Å². The molecule has 0 aliphatic rings. The maximum Gasteiger partial charge on any atom is 0.389 e. The molecule has 1 heterocycles. The maximum absolute atomic E-state index is 12.3. The Bertz CT molecular complexity index is 584. The maximum atomic E-state index is 12.3. The van der Waals surface area contributed by atoms with Crippen LogP contribution in [0.4, 0.5) is 13.2 Å². The van der Waals surface area contributed by atoms with Crippen molar-refractivity contribution < 1.29 is 13.2 Å². The highest BCUT2D eigenvalue weighted by atomic mass is 19.4. The Morgan fingerprint density at radius 1 is 1.19 bits per heavy atom. The summed E-state index contributed by atoms with van der Waals surface area (Å²) in [6.07, 6.45) is -2.76. The third kappa shape index (κ3) is 4.67. The number of benzene rings is 1. The van der Waals surface area contributed by atoms with Gasteiger partial charge in [0.2, 0.25) is 0 Å². The average Bonchev–Trinajstić information content (AvgIpc) is 2.44. The fourth-order valence-electron chi connectivity index (χ4n) is 2.25. The van der Waals surface area contributed by atoms with Crippen LogP contribution in [-0.2, 0) is 0 Å². The van der Waals surface area contributed by atoms with Crippen LogP contribution in [0.25, 0.3) is 11.0 Å². The topological polar surface area (TPSA) is 37.8 Å². The largest absolute Gasteiger partial charge is 0.389 e. The first-order valence-electron chi connectivity index (χ1n) is 7.01. The van der Waals surface area contributed by atoms with Crippen LogP contribution < -0.4 is 5.32 Å². The van der Waals surface area contributed by atoms with Gasteiger partial charge in [0, 0.05) is 6.42 Å². The first-order chi connectivity index (χ1) is 9.99. The summed E-state index contributed by atoms with van der Waals surface area (Å²) >= 11 is 0. The van der Waals surface area contributed by atoms with Crippen molar-refractivity contribution in [2.24, 2.45) is 0 Å². The van der Waals surface area contributed by atoms with Crippen LogP contribution in [0.1, 0.15) is 37.9 Å². The molecule has 2 aromatic rings. The molecule has 0 saturated carbocycles. The Labute approximate surface area is 121 Å². The third-order valence-electron chi connectivity index (χ3n) is 3.23. The number of alkyl halides is 3. The second kappa shape index (κ2) is 6.85. The third-order valence-corrected chi connectivity index (χ3v) is 3.23. The second-order valence-electron chi connectivity index (χ2n) is 4.90. The summed E-state index contributed by atoms with van der Waals surface area (Å²) in [7, 11) is 0. The molecule has 1 N–H and O–H groups in total. The smallest absolute Gasteiger partial charge is 0.309 e. The predicted octanol–water partition coefficient (Wildman–Crippen LogP) is 4.01. The lowest BCUT2D eigenvalue weighted by Crippen LogP contribution is -2.22. The highest BCUT2D eigenvalue weighted by Crippen LogP contribution is 2.26. The number of hydrogen-bond acceptors (Lipinski definition) is 3. The van der Waals surface area contributed by atoms with Crippen molar-refractivity contribution in [2.45, 2.75) is 38.4 Å². The van der Waals surface area contributed by atoms with Crippen molar-refractivity contribution in [1.82, 2.24) is 15.3 Å². The molecule has 0 fully saturated rings. The van der Waals surface area contributed by atoms with E-state index in [2.05, 4.69) is 15.3 Å². The Morgan fingerprint density at radius 2 is 1.90 bits per heavy atom. The minimum atomic E-state index is -4.11. The standard InChI is InChI=1S/C15H18F3N3/c1-2-19-12(8-5-9-15(16,17)18)14-10-20-11-6-3-4-7-13(11)21-14/h3-4,6-7,10,12,19H,2,5,8-9H2,1H3. The van der Waals surface area contributed by atoms with Crippen LogP contribution in [0, 0.1) is 0 Å². The van der Waals surface area contributed by atoms with Crippen molar-refractivity contribution in [3.63, 3.8) is 0 Å². The molecule has 21 heavy (non-hydrogen) atoms. The molecule has 1 aromatic carbocycles. The highest BCUT2D eigenvalue weighted by Gasteiger charge is 2.27. The number of rotatable bonds is 6. The van der Waals surface area contributed by atoms with Crippen molar-refractivity contribution in [2.75, 3.05) is 6.54 Å². The molecule has 0 radical (unpaired) electrons. The van der Waals surface area contributed by atoms with Gasteiger partial charge in [-0.05, 0) is 31.5 Å². The lowest BCUT2D eigenvalue weighted by atomic mass is 10.1. The molecule has 0 bridgehead atoms. The van der Waals surface area contributed by atoms with Gasteiger partial charge in [-0.3, -0.25) is 4.98 Å². The summed E-state index contributed by atoms with van der Waals surface area (Å²) in [6, 6.07) is 7.26. The van der Waals surface area contributed by atoms with E-state index in [0.717, 1.165) is 11.0 Å². The zero-order valence-corrected chi connectivity index (χ0v) is 11.8. The van der Waals surface area contributed by atoms with Crippen LogP contribution in [0.15, 0.2) is 30.5 Å². The summed E-state index contributed by atoms with van der Waals surface area (Å²) in [4.78, 5) is 8.82. The average molecular weight is 297 g/mol. The van der Waals surface area contributed by atoms with Crippen molar-refractivity contribution in [3.8, 4) is 0 Å². The van der Waals surface area contributed by atoms with E-state index in [9.17, 15) is 13.2 Å². The van der Waals surface area contributed by atoms with Crippen molar-refractivity contribution >= 4 is 11.0 Å². The minimum absolute atomic E-state index is 0.0790. The molecule has 114 valence electrons. The summed E-state index contributed by atoms with van der Waals surface area (Å²) in [5, 5.41) is 3.18. The van der Waals surface area contributed by atoms with Gasteiger partial charge in [-0.15, -0.1) is 0 Å². The fourth-order valence-corrected chi connectivity index (χ4v) is 2.25. The first kappa shape index (κ1) is 15.7. The van der Waals surface area contributed by atoms with Crippen LogP contribution in [0.3, 0.4) is 0 Å². The monoisotopic (exact) mass is 297 g/mol. The van der Waals surface area contributed by atoms with Crippen LogP contribution in [0.5, 0.6) is 0 Å². The summed E-state index contributed by atoms with van der Waals surface area (Å²) < 4.78 is 36.8. The van der Waals surface area contributed by atoms with Gasteiger partial charge in [0.25, 0.3) is 0 Å². The van der Waals surface area contributed by atoms with Gasteiger partial charge in [0.05, 0.1) is 29.0 Å². The summed E-state index contributed by atoms with van der Waals surface area (Å²) in [5.74, 6) is 0. The molecule has 1 aromatic heterocycles. The van der Waals surface area contributed by atoms with E-state index in [-0.39, 0.29) is 12.5 Å². The Balaban J connectivity index is 2.11. The molecule has 2 rings (SSSR count). The summed E-state index contributed by atoms with van der Waals surface area (Å²) in [6.45, 7) is 2.59. The lowest BCUT2D eigenvalue weighted by molar-refractivity contribution is -0.135. The molecular weight excluding hydrogens is 279 g/mol. The normalized spacial score (nSPS) is 13.5. The van der Waals surface area contributed by atoms with E-state index in [1.165, 1.54) is 0 Å². The van der Waals surface area contributed by atoms with E-state index in [1.54, 1.807) is 6.20 Å². The van der Waals surface area contributed by atoms with Gasteiger partial charge in [0.15, 0.2) is 0 Å². The first-order valence-corrected chi connectivity index (χ1v) is 7.01. The Morgan fingerprint density at radius 3 is 2.57 bits per heavy atom. The molecule has 3 nitrogen and oxygen atoms in total. The SMILES string of the molecule is CCNC(CCCC(F)(F)F)c1cnc2ccccc2n1. The molecule has 6 heteroatoms. The van der Waals surface area contributed by atoms with Gasteiger partial charge in [-0.1, -0.05) is 19.1 Å². The molecular formula is C15H18F3N3. The van der Waals surface area contributed by atoms with E-state index in [4.69, 9.17) is 0 Å². The number of nitrogens with zero attached hydrogens (tertiary/aromatic N) is 2. The van der Waals surface area contributed by atoms with Gasteiger partial charge >= 0.3 is 6.18 Å². The lowest BCUT2D eigenvalue weighted by Gasteiger charge is -2.18. The van der Waals surface area contributed by atoms with Gasteiger partial charge < -0.3 is 5.32 Å². The van der Waals surface area contributed by atoms with Crippen LogP contribution >= 0.6 is 0 Å². The zero-order valence-electron chi connectivity index (χ0n) is 11.8. The highest BCUT2D eigenvalue weighted by molar-refractivity contribution is 5.73. The van der Waals surface area contributed by atoms with E-state index >= 15 is 0 Å². The van der Waals surface area contributed by atoms with E-state index < -0.39 is 12.6 Å². The molecule has 0 amide bonds. The molecule has 1 atom stereocenters. The van der Waals surface area contributed by atoms with Crippen molar-refractivity contribution in [3.05, 3.63) is 36.2 Å². The number of halogens is 3. The molecule has 1 unspecified atom stereocenters. The predicted molar refractivity (Wildman–Crippen MR) is 75.9 cm³/mol. The van der Waals surface area contributed by atoms with Gasteiger partial charge in [-0.2, -0.15) is 13.2 Å². The number of para-hydroxylation sites is 2. The van der Waals surface area contributed by atoms with Crippen LogP contribution in [0.2, 0.25) is 0 Å². The minimum Gasteiger partial charge on any atom is -0.309 e. The van der Waals surface area contributed by atoms with E-state index in [0.29, 0.717) is 18.7 Å². The number of hydrogen-bond donors (Lipinski definition) is 1. The van der Waals surface area contributed by atoms with E-state index in [1.807, 2.05) is 31.2 Å². The number of nitrogens with one attached hydrogen (secondary N) is 1. The Hall–Kier alpha value is -1.69.